The van der Waals surface area contributed by atoms with Gasteiger partial charge in [0.15, 0.2) is 0 Å². The molecule has 250 valence electrons. The maximum absolute atomic E-state index is 6.72. The van der Waals surface area contributed by atoms with Crippen molar-refractivity contribution in [1.82, 2.24) is 9.97 Å². The number of aryl methyl sites for hydroxylation is 1. The van der Waals surface area contributed by atoms with Crippen molar-refractivity contribution >= 4 is 76.7 Å². The quantitative estimate of drug-likeness (QED) is 0.185. The predicted octanol–water partition coefficient (Wildman–Crippen LogP) is 12.9. The summed E-state index contributed by atoms with van der Waals surface area (Å²) < 4.78 is 19.6. The van der Waals surface area contributed by atoms with Gasteiger partial charge in [-0.3, -0.25) is 0 Å². The fourth-order valence-corrected chi connectivity index (χ4v) is 8.98. The summed E-state index contributed by atoms with van der Waals surface area (Å²) in [6, 6.07) is 48.7. The van der Waals surface area contributed by atoms with Crippen molar-refractivity contribution in [3.05, 3.63) is 156 Å². The van der Waals surface area contributed by atoms with Crippen LogP contribution in [-0.2, 0) is 12.8 Å². The Balaban J connectivity index is 1.01. The Hall–Kier alpha value is -6.72. The lowest BCUT2D eigenvalue weighted by atomic mass is 9.76. The van der Waals surface area contributed by atoms with E-state index in [2.05, 4.69) is 109 Å². The second-order valence-corrected chi connectivity index (χ2v) is 14.3. The van der Waals surface area contributed by atoms with Gasteiger partial charge in [0.05, 0.1) is 16.8 Å². The largest absolute Gasteiger partial charge is 0.456 e. The molecule has 1 atom stereocenters. The van der Waals surface area contributed by atoms with Crippen LogP contribution in [0, 0.1) is 0 Å². The summed E-state index contributed by atoms with van der Waals surface area (Å²) in [6.07, 6.45) is 2.56. The van der Waals surface area contributed by atoms with E-state index >= 15 is 0 Å². The van der Waals surface area contributed by atoms with Crippen LogP contribution in [-0.4, -0.2) is 9.97 Å². The molecule has 0 saturated carbocycles. The molecule has 4 aromatic heterocycles. The number of furan rings is 3. The smallest absolute Gasteiger partial charge is 0.145 e. The fraction of sp³-hybridized carbons (Fsp3) is 0.0833. The van der Waals surface area contributed by atoms with Crippen molar-refractivity contribution in [2.75, 3.05) is 0 Å². The Morgan fingerprint density at radius 3 is 2.02 bits per heavy atom. The van der Waals surface area contributed by atoms with Crippen molar-refractivity contribution in [1.29, 1.82) is 0 Å². The summed E-state index contributed by atoms with van der Waals surface area (Å²) in [5.74, 6) is 1.13. The first-order valence-electron chi connectivity index (χ1n) is 18.3. The number of hydrogen-bond acceptors (Lipinski definition) is 5. The van der Waals surface area contributed by atoms with E-state index in [9.17, 15) is 0 Å². The van der Waals surface area contributed by atoms with E-state index in [1.807, 2.05) is 30.3 Å². The Morgan fingerprint density at radius 1 is 0.509 bits per heavy atom. The third kappa shape index (κ3) is 4.25. The molecule has 7 aromatic carbocycles. The average Bonchev–Trinajstić information content (AvgIpc) is 3.89. The minimum absolute atomic E-state index is 0.308. The van der Waals surface area contributed by atoms with Gasteiger partial charge in [-0.1, -0.05) is 97.1 Å². The second kappa shape index (κ2) is 10.9. The van der Waals surface area contributed by atoms with E-state index < -0.39 is 0 Å². The van der Waals surface area contributed by atoms with E-state index in [1.54, 1.807) is 0 Å². The molecule has 5 nitrogen and oxygen atoms in total. The molecule has 1 aliphatic carbocycles. The van der Waals surface area contributed by atoms with E-state index in [0.717, 1.165) is 108 Å². The van der Waals surface area contributed by atoms with Crippen molar-refractivity contribution in [2.24, 2.45) is 0 Å². The maximum Gasteiger partial charge on any atom is 0.145 e. The first-order chi connectivity index (χ1) is 26.2. The predicted molar refractivity (Wildman–Crippen MR) is 213 cm³/mol. The summed E-state index contributed by atoms with van der Waals surface area (Å²) in [4.78, 5) is 10.6. The van der Waals surface area contributed by atoms with Crippen LogP contribution < -0.4 is 0 Å². The highest BCUT2D eigenvalue weighted by molar-refractivity contribution is 6.24. The van der Waals surface area contributed by atoms with Gasteiger partial charge >= 0.3 is 0 Å². The molecule has 0 aliphatic heterocycles. The van der Waals surface area contributed by atoms with Crippen LogP contribution in [0.25, 0.3) is 99.1 Å². The molecule has 53 heavy (non-hydrogen) atoms. The Kier molecular flexibility index (Phi) is 5.94. The molecule has 12 rings (SSSR count). The zero-order valence-corrected chi connectivity index (χ0v) is 28.6. The van der Waals surface area contributed by atoms with E-state index in [4.69, 9.17) is 23.2 Å². The average molecular weight is 683 g/mol. The normalized spacial score (nSPS) is 14.3. The molecule has 0 N–H and O–H groups in total. The molecule has 0 bridgehead atoms. The Morgan fingerprint density at radius 2 is 1.17 bits per heavy atom. The summed E-state index contributed by atoms with van der Waals surface area (Å²) in [7, 11) is 0. The highest BCUT2D eigenvalue weighted by Gasteiger charge is 2.28. The highest BCUT2D eigenvalue weighted by atomic mass is 16.3. The Bertz CT molecular complexity index is 3280. The third-order valence-corrected chi connectivity index (χ3v) is 11.4. The number of rotatable bonds is 4. The number of aromatic nitrogens is 2. The highest BCUT2D eigenvalue weighted by Crippen LogP contribution is 2.47. The van der Waals surface area contributed by atoms with Crippen molar-refractivity contribution in [3.63, 3.8) is 0 Å². The molecule has 1 aliphatic rings. The van der Waals surface area contributed by atoms with E-state index in [-0.39, 0.29) is 0 Å². The van der Waals surface area contributed by atoms with Crippen LogP contribution >= 0.6 is 0 Å². The lowest BCUT2D eigenvalue weighted by Gasteiger charge is -2.28. The number of nitrogens with zero attached hydrogens (tertiary/aromatic N) is 2. The van der Waals surface area contributed by atoms with Crippen LogP contribution in [0.4, 0.5) is 0 Å². The van der Waals surface area contributed by atoms with Gasteiger partial charge in [0.2, 0.25) is 0 Å². The molecule has 1 unspecified atom stereocenters. The lowest BCUT2D eigenvalue weighted by molar-refractivity contribution is 0.603. The van der Waals surface area contributed by atoms with Gasteiger partial charge in [0.25, 0.3) is 0 Å². The molecular weight excluding hydrogens is 653 g/mol. The van der Waals surface area contributed by atoms with Gasteiger partial charge in [-0.25, -0.2) is 9.97 Å². The third-order valence-electron chi connectivity index (χ3n) is 11.4. The number of hydrogen-bond donors (Lipinski definition) is 0. The molecule has 0 saturated heterocycles. The van der Waals surface area contributed by atoms with E-state index in [1.165, 1.54) is 27.6 Å². The monoisotopic (exact) mass is 682 g/mol. The number of fused-ring (bicyclic) bond motifs is 13. The minimum atomic E-state index is 0.308. The minimum Gasteiger partial charge on any atom is -0.456 e. The molecule has 0 amide bonds. The van der Waals surface area contributed by atoms with Gasteiger partial charge in [-0.05, 0) is 83.5 Å². The van der Waals surface area contributed by atoms with Gasteiger partial charge in [-0.2, -0.15) is 0 Å². The standard InChI is InChI=1S/C48H30N2O3/c1-2-12-30-29(11-1)27(23-28-24-42-36(25-35(28)30)31-13-4-8-18-39(31)51-42)21-22-44-49-38-17-7-3-15-33(38)47(50-44)46-45-34-16-6-10-20-41(34)52-43(45)26-37-32-14-5-9-19-40(32)53-48(37)46/h1-20,24-27H,21-23H2. The Labute approximate surface area is 303 Å². The molecule has 0 radical (unpaired) electrons. The van der Waals surface area contributed by atoms with Gasteiger partial charge < -0.3 is 13.3 Å². The van der Waals surface area contributed by atoms with Crippen LogP contribution in [0.3, 0.4) is 0 Å². The first kappa shape index (κ1) is 28.9. The van der Waals surface area contributed by atoms with Gasteiger partial charge in [-0.15, -0.1) is 0 Å². The summed E-state index contributed by atoms with van der Waals surface area (Å²) in [5, 5.41) is 7.44. The zero-order chi connectivity index (χ0) is 34.6. The van der Waals surface area contributed by atoms with Crippen LogP contribution in [0.2, 0.25) is 0 Å². The van der Waals surface area contributed by atoms with E-state index in [0.29, 0.717) is 5.92 Å². The second-order valence-electron chi connectivity index (χ2n) is 14.3. The molecule has 5 heteroatoms. The molecule has 4 heterocycles. The van der Waals surface area contributed by atoms with Crippen LogP contribution in [0.1, 0.15) is 29.3 Å². The number of para-hydroxylation sites is 4. The fourth-order valence-electron chi connectivity index (χ4n) is 8.98. The first-order valence-corrected chi connectivity index (χ1v) is 18.3. The molecule has 0 fully saturated rings. The summed E-state index contributed by atoms with van der Waals surface area (Å²) in [6.45, 7) is 0. The molecule has 11 aromatic rings. The zero-order valence-electron chi connectivity index (χ0n) is 28.6. The van der Waals surface area contributed by atoms with Gasteiger partial charge in [0.1, 0.15) is 39.3 Å². The van der Waals surface area contributed by atoms with Crippen molar-refractivity contribution in [3.8, 4) is 22.4 Å². The van der Waals surface area contributed by atoms with Crippen molar-refractivity contribution in [2.45, 2.75) is 25.2 Å². The number of benzene rings is 7. The topological polar surface area (TPSA) is 65.2 Å². The maximum atomic E-state index is 6.72. The van der Waals surface area contributed by atoms with Crippen molar-refractivity contribution < 1.29 is 13.3 Å². The SMILES string of the molecule is c1ccc2c(c1)-c1cc3c(cc1CC2CCc1nc(-c2c4oc5ccccc5c4cc4oc5ccccc5c24)c2ccccc2n1)oc1ccccc13. The van der Waals surface area contributed by atoms with Crippen LogP contribution in [0.15, 0.2) is 153 Å². The molecule has 0 spiro atoms. The summed E-state index contributed by atoms with van der Waals surface area (Å²) in [5.41, 5.74) is 13.2. The lowest BCUT2D eigenvalue weighted by Crippen LogP contribution is -2.13. The van der Waals surface area contributed by atoms with Gasteiger partial charge in [0, 0.05) is 44.1 Å². The summed E-state index contributed by atoms with van der Waals surface area (Å²) >= 11 is 0. The molecular formula is C48H30N2O3. The van der Waals surface area contributed by atoms with Crippen LogP contribution in [0.5, 0.6) is 0 Å².